The maximum absolute atomic E-state index is 13.2. The Labute approximate surface area is 190 Å². The van der Waals surface area contributed by atoms with Crippen LogP contribution in [0.25, 0.3) is 0 Å². The Hall–Kier alpha value is -2.45. The number of nitrogens with zero attached hydrogens (tertiary/aromatic N) is 2. The number of carbonyl (C=O) groups is 2. The summed E-state index contributed by atoms with van der Waals surface area (Å²) in [6.07, 6.45) is -10.2. The van der Waals surface area contributed by atoms with Crippen molar-refractivity contribution in [2.45, 2.75) is 18.9 Å². The van der Waals surface area contributed by atoms with Gasteiger partial charge in [-0.1, -0.05) is 12.1 Å². The lowest BCUT2D eigenvalue weighted by molar-refractivity contribution is -0.193. The van der Waals surface area contributed by atoms with Gasteiger partial charge in [0.25, 0.3) is 0 Å². The number of carboxylic acid groups (broad SMARTS) is 2. The van der Waals surface area contributed by atoms with E-state index in [-0.39, 0.29) is 5.82 Å². The molecule has 1 aromatic rings. The van der Waals surface area contributed by atoms with Gasteiger partial charge in [-0.25, -0.2) is 14.0 Å². The number of halogens is 7. The number of hydrogen-bond donors (Lipinski definition) is 2. The van der Waals surface area contributed by atoms with Gasteiger partial charge < -0.3 is 19.8 Å². The first-order valence-electron chi connectivity index (χ1n) is 9.91. The van der Waals surface area contributed by atoms with Crippen molar-refractivity contribution in [1.29, 1.82) is 0 Å². The number of ether oxygens (including phenoxy) is 1. The Bertz CT molecular complexity index is 766. The van der Waals surface area contributed by atoms with Crippen molar-refractivity contribution in [3.05, 3.63) is 35.6 Å². The third kappa shape index (κ3) is 10.7. The SMILES string of the molecule is COCCN1C[C@@H]2CN(Cc3cccc(F)c3)C[C@@H]2C1.O=C(O)C(F)(F)F.O=C(O)C(F)(F)F. The minimum atomic E-state index is -5.08. The fourth-order valence-corrected chi connectivity index (χ4v) is 3.61. The smallest absolute Gasteiger partial charge is 0.475 e. The normalized spacial score (nSPS) is 20.6. The van der Waals surface area contributed by atoms with Crippen LogP contribution in [-0.2, 0) is 20.9 Å². The number of aliphatic carboxylic acids is 2. The molecule has 2 heterocycles. The monoisotopic (exact) mass is 506 g/mol. The quantitative estimate of drug-likeness (QED) is 0.594. The third-order valence-corrected chi connectivity index (χ3v) is 5.03. The Morgan fingerprint density at radius 1 is 0.941 bits per heavy atom. The fraction of sp³-hybridized carbons (Fsp3) is 0.600. The fourth-order valence-electron chi connectivity index (χ4n) is 3.61. The van der Waals surface area contributed by atoms with Gasteiger partial charge in [0, 0.05) is 46.4 Å². The van der Waals surface area contributed by atoms with Crippen molar-refractivity contribution in [2.75, 3.05) is 46.4 Å². The van der Waals surface area contributed by atoms with Gasteiger partial charge >= 0.3 is 24.3 Å². The molecule has 2 N–H and O–H groups in total. The molecule has 2 saturated heterocycles. The van der Waals surface area contributed by atoms with Crippen LogP contribution in [0, 0.1) is 17.7 Å². The second kappa shape index (κ2) is 12.9. The van der Waals surface area contributed by atoms with Crippen LogP contribution in [0.1, 0.15) is 5.56 Å². The maximum atomic E-state index is 13.2. The van der Waals surface area contributed by atoms with Gasteiger partial charge in [-0.3, -0.25) is 4.90 Å². The van der Waals surface area contributed by atoms with Crippen LogP contribution < -0.4 is 0 Å². The second-order valence-electron chi connectivity index (χ2n) is 7.70. The topological polar surface area (TPSA) is 90.3 Å². The summed E-state index contributed by atoms with van der Waals surface area (Å²) in [6.45, 7) is 7.42. The lowest BCUT2D eigenvalue weighted by Crippen LogP contribution is -2.30. The van der Waals surface area contributed by atoms with Gasteiger partial charge in [0.15, 0.2) is 0 Å². The highest BCUT2D eigenvalue weighted by Gasteiger charge is 2.40. The van der Waals surface area contributed by atoms with E-state index in [9.17, 15) is 30.7 Å². The Balaban J connectivity index is 0.000000343. The zero-order chi connectivity index (χ0) is 26.1. The lowest BCUT2D eigenvalue weighted by atomic mass is 10.0. The number of benzene rings is 1. The van der Waals surface area contributed by atoms with Crippen molar-refractivity contribution in [1.82, 2.24) is 9.80 Å². The van der Waals surface area contributed by atoms with Crippen molar-refractivity contribution in [2.24, 2.45) is 11.8 Å². The second-order valence-corrected chi connectivity index (χ2v) is 7.70. The van der Waals surface area contributed by atoms with E-state index in [4.69, 9.17) is 24.5 Å². The summed E-state index contributed by atoms with van der Waals surface area (Å²) in [5, 5.41) is 14.2. The first-order chi connectivity index (χ1) is 15.6. The molecular weight excluding hydrogens is 481 g/mol. The molecule has 2 aliphatic heterocycles. The molecule has 34 heavy (non-hydrogen) atoms. The summed E-state index contributed by atoms with van der Waals surface area (Å²) >= 11 is 0. The van der Waals surface area contributed by atoms with Crippen molar-refractivity contribution < 1.29 is 55.3 Å². The van der Waals surface area contributed by atoms with E-state index in [1.54, 1.807) is 19.2 Å². The zero-order valence-electron chi connectivity index (χ0n) is 18.1. The molecule has 0 amide bonds. The molecule has 194 valence electrons. The predicted molar refractivity (Wildman–Crippen MR) is 104 cm³/mol. The van der Waals surface area contributed by atoms with Crippen LogP contribution in [0.4, 0.5) is 30.7 Å². The van der Waals surface area contributed by atoms with E-state index >= 15 is 0 Å². The van der Waals surface area contributed by atoms with E-state index in [1.165, 1.54) is 19.2 Å². The van der Waals surface area contributed by atoms with Gasteiger partial charge in [0.1, 0.15) is 5.82 Å². The number of likely N-dealkylation sites (tertiary alicyclic amines) is 2. The van der Waals surface area contributed by atoms with E-state index in [1.807, 2.05) is 6.07 Å². The summed E-state index contributed by atoms with van der Waals surface area (Å²) in [5.41, 5.74) is 1.08. The van der Waals surface area contributed by atoms with E-state index < -0.39 is 24.3 Å². The molecule has 0 aliphatic carbocycles. The minimum absolute atomic E-state index is 0.132. The highest BCUT2D eigenvalue weighted by atomic mass is 19.4. The van der Waals surface area contributed by atoms with Gasteiger partial charge in [-0.2, -0.15) is 26.3 Å². The maximum Gasteiger partial charge on any atom is 0.490 e. The molecule has 14 heteroatoms. The highest BCUT2D eigenvalue weighted by molar-refractivity contribution is 5.73. The first kappa shape index (κ1) is 29.6. The summed E-state index contributed by atoms with van der Waals surface area (Å²) in [4.78, 5) is 22.8. The molecule has 7 nitrogen and oxygen atoms in total. The van der Waals surface area contributed by atoms with Crippen molar-refractivity contribution in [3.8, 4) is 0 Å². The molecule has 0 bridgehead atoms. The summed E-state index contributed by atoms with van der Waals surface area (Å²) in [6, 6.07) is 6.98. The largest absolute Gasteiger partial charge is 0.490 e. The predicted octanol–water partition coefficient (Wildman–Crippen LogP) is 3.10. The highest BCUT2D eigenvalue weighted by Crippen LogP contribution is 2.31. The molecule has 0 radical (unpaired) electrons. The average Bonchev–Trinajstić information content (AvgIpc) is 3.24. The molecule has 1 aromatic carbocycles. The lowest BCUT2D eigenvalue weighted by Gasteiger charge is -2.21. The Morgan fingerprint density at radius 2 is 1.38 bits per heavy atom. The number of carboxylic acids is 2. The molecular formula is C20H25F7N2O5. The van der Waals surface area contributed by atoms with Crippen LogP contribution in [0.3, 0.4) is 0 Å². The van der Waals surface area contributed by atoms with Gasteiger partial charge in [0.2, 0.25) is 0 Å². The first-order valence-corrected chi connectivity index (χ1v) is 9.91. The zero-order valence-corrected chi connectivity index (χ0v) is 18.1. The molecule has 0 aromatic heterocycles. The van der Waals surface area contributed by atoms with Crippen molar-refractivity contribution >= 4 is 11.9 Å². The van der Waals surface area contributed by atoms with Crippen LogP contribution in [-0.4, -0.2) is 90.7 Å². The molecule has 2 aliphatic rings. The number of alkyl halides is 6. The van der Waals surface area contributed by atoms with Crippen molar-refractivity contribution in [3.63, 3.8) is 0 Å². The van der Waals surface area contributed by atoms with E-state index in [0.29, 0.717) is 0 Å². The Morgan fingerprint density at radius 3 is 1.76 bits per heavy atom. The number of hydrogen-bond acceptors (Lipinski definition) is 5. The summed E-state index contributed by atoms with van der Waals surface area (Å²) in [5.74, 6) is -4.09. The molecule has 0 saturated carbocycles. The number of methoxy groups -OCH3 is 1. The van der Waals surface area contributed by atoms with Crippen LogP contribution in [0.15, 0.2) is 24.3 Å². The Kier molecular flexibility index (Phi) is 11.2. The van der Waals surface area contributed by atoms with Gasteiger partial charge in [0.05, 0.1) is 6.61 Å². The molecule has 3 rings (SSSR count). The third-order valence-electron chi connectivity index (χ3n) is 5.03. The summed E-state index contributed by atoms with van der Waals surface area (Å²) < 4.78 is 81.8. The average molecular weight is 506 g/mol. The standard InChI is InChI=1S/C16H23FN2O.2C2HF3O2/c1-20-6-5-18-9-14-11-19(12-15(14)10-18)8-13-3-2-4-16(17)7-13;2*3-2(4,5)1(6)7/h2-4,7,14-15H,5-6,8-12H2,1H3;2*(H,6,7)/t14-,15+;;. The number of fused-ring (bicyclic) bond motifs is 1. The van der Waals surface area contributed by atoms with E-state index in [2.05, 4.69) is 9.80 Å². The molecule has 0 spiro atoms. The summed E-state index contributed by atoms with van der Waals surface area (Å²) in [7, 11) is 1.76. The molecule has 2 atom stereocenters. The van der Waals surface area contributed by atoms with Crippen LogP contribution in [0.2, 0.25) is 0 Å². The van der Waals surface area contributed by atoms with E-state index in [0.717, 1.165) is 50.2 Å². The van der Waals surface area contributed by atoms with Crippen LogP contribution >= 0.6 is 0 Å². The van der Waals surface area contributed by atoms with Crippen LogP contribution in [0.5, 0.6) is 0 Å². The molecule has 2 fully saturated rings. The minimum Gasteiger partial charge on any atom is -0.475 e. The van der Waals surface area contributed by atoms with Gasteiger partial charge in [-0.05, 0) is 29.5 Å². The van der Waals surface area contributed by atoms with Gasteiger partial charge in [-0.15, -0.1) is 0 Å². The number of rotatable bonds is 5. The molecule has 0 unspecified atom stereocenters.